The number of nitrogens with zero attached hydrogens (tertiary/aromatic N) is 10. The van der Waals surface area contributed by atoms with E-state index in [1.165, 1.54) is 18.7 Å². The molecule has 326 valence electrons. The van der Waals surface area contributed by atoms with Crippen LogP contribution in [0.3, 0.4) is 0 Å². The summed E-state index contributed by atoms with van der Waals surface area (Å²) in [7, 11) is 5.40. The fraction of sp³-hybridized carbons (Fsp3) is 0.326. The molecule has 0 aliphatic carbocycles. The summed E-state index contributed by atoms with van der Waals surface area (Å²) >= 11 is 1.68. The van der Waals surface area contributed by atoms with Crippen LogP contribution in [0.4, 0.5) is 11.6 Å². The highest BCUT2D eigenvalue weighted by Crippen LogP contribution is 2.44. The van der Waals surface area contributed by atoms with Crippen molar-refractivity contribution in [3.63, 3.8) is 0 Å². The van der Waals surface area contributed by atoms with Gasteiger partial charge in [0.25, 0.3) is 0 Å². The number of aromatic nitrogens is 7. The first-order chi connectivity index (χ1) is 30.6. The van der Waals surface area contributed by atoms with E-state index in [1.54, 1.807) is 48.9 Å². The van der Waals surface area contributed by atoms with Crippen LogP contribution >= 0.6 is 11.3 Å². The van der Waals surface area contributed by atoms with Crippen LogP contribution in [0.15, 0.2) is 92.6 Å². The molecule has 6 aromatic heterocycles. The van der Waals surface area contributed by atoms with Crippen molar-refractivity contribution in [1.82, 2.24) is 48.8 Å². The van der Waals surface area contributed by atoms with Gasteiger partial charge >= 0.3 is 0 Å². The summed E-state index contributed by atoms with van der Waals surface area (Å²) in [6.07, 6.45) is 17.3. The molecule has 0 bridgehead atoms. The van der Waals surface area contributed by atoms with E-state index in [0.29, 0.717) is 51.0 Å². The van der Waals surface area contributed by atoms with Gasteiger partial charge < -0.3 is 44.8 Å². The van der Waals surface area contributed by atoms with Crippen LogP contribution in [0.25, 0.3) is 53.7 Å². The first kappa shape index (κ1) is 43.0. The Morgan fingerprint density at radius 2 is 1.51 bits per heavy atom. The molecule has 8 heterocycles. The maximum absolute atomic E-state index is 12.9. The minimum absolute atomic E-state index is 0.0328. The minimum atomic E-state index is -0.0394. The van der Waals surface area contributed by atoms with Gasteiger partial charge in [-0.2, -0.15) is 0 Å². The molecule has 2 saturated heterocycles. The van der Waals surface area contributed by atoms with Crippen LogP contribution in [0.2, 0.25) is 0 Å². The number of methoxy groups -OCH3 is 2. The van der Waals surface area contributed by atoms with Gasteiger partial charge in [0.05, 0.1) is 41.3 Å². The van der Waals surface area contributed by atoms with E-state index in [0.717, 1.165) is 84.4 Å². The summed E-state index contributed by atoms with van der Waals surface area (Å²) < 4.78 is 16.1. The Labute approximate surface area is 369 Å². The number of hydrogen-bond donors (Lipinski definition) is 2. The number of anilines is 2. The van der Waals surface area contributed by atoms with Crippen molar-refractivity contribution in [1.29, 1.82) is 0 Å². The Morgan fingerprint density at radius 3 is 2.13 bits per heavy atom. The van der Waals surface area contributed by atoms with Gasteiger partial charge in [0, 0.05) is 93.2 Å². The van der Waals surface area contributed by atoms with E-state index in [9.17, 15) is 9.59 Å². The molecule has 7 aromatic rings. The predicted octanol–water partition coefficient (Wildman–Crippen LogP) is 6.15. The Hall–Kier alpha value is -6.69. The second-order valence-corrected chi connectivity index (χ2v) is 16.9. The monoisotopic (exact) mass is 868 g/mol. The average molecular weight is 869 g/mol. The molecule has 1 aromatic carbocycles. The number of nitrogens with two attached hydrogens (primary N) is 2. The Bertz CT molecular complexity index is 2820. The lowest BCUT2D eigenvalue weighted by Gasteiger charge is -2.16. The second kappa shape index (κ2) is 18.7. The summed E-state index contributed by atoms with van der Waals surface area (Å²) in [4.78, 5) is 53.3. The molecule has 2 aliphatic heterocycles. The van der Waals surface area contributed by atoms with Crippen molar-refractivity contribution < 1.29 is 19.1 Å². The quantitative estimate of drug-likeness (QED) is 0.134. The van der Waals surface area contributed by atoms with Crippen molar-refractivity contribution in [3.05, 3.63) is 98.1 Å². The molecule has 0 radical (unpaired) electrons. The van der Waals surface area contributed by atoms with E-state index in [2.05, 4.69) is 83.0 Å². The van der Waals surface area contributed by atoms with Crippen LogP contribution in [-0.4, -0.2) is 128 Å². The number of aryl methyl sites for hydroxylation is 1. The molecule has 2 unspecified atom stereocenters. The summed E-state index contributed by atoms with van der Waals surface area (Å²) in [6.45, 7) is 10.5. The van der Waals surface area contributed by atoms with Crippen molar-refractivity contribution >= 4 is 66.9 Å². The van der Waals surface area contributed by atoms with E-state index in [-0.39, 0.29) is 23.9 Å². The van der Waals surface area contributed by atoms with Crippen molar-refractivity contribution in [2.45, 2.75) is 31.8 Å². The standard InChI is InChI=1S/C28H34N6O3S.C18H18N6O/c1-18-12-19-14-23(38-26(19)22(13-18)37-4)21-16-34(28-25(21)27(29)30-17-31-28)20-7-9-33(15-20)24(35)6-5-8-32(2)10-11-36-3;1-2-15(25)23-8-5-13(9-23)24-10-14(12-3-6-20-7-4-12)16-17(19)21-11-22-18(16)24/h5-6,12-14,16-17,20H,7-11,15H2,1-4H3,(H2,29,30,31);2-4,6-7,10-11,13H,1,5,8-9H2,(H2,19,21,22)/b6-5+;. The summed E-state index contributed by atoms with van der Waals surface area (Å²) in [5.74, 6) is 1.77. The van der Waals surface area contributed by atoms with Crippen LogP contribution in [0, 0.1) is 6.92 Å². The fourth-order valence-corrected chi connectivity index (χ4v) is 9.65. The third kappa shape index (κ3) is 8.84. The zero-order valence-electron chi connectivity index (χ0n) is 36.0. The first-order valence-corrected chi connectivity index (χ1v) is 21.6. The Kier molecular flexibility index (Phi) is 12.8. The third-order valence-electron chi connectivity index (χ3n) is 11.7. The SMILES string of the molecule is C=CC(=O)N1CCC(n2cc(-c3ccncc3)c3c(N)ncnc32)C1.COCCN(C)C/C=C/C(=O)N1CCC(n2cc(-c3cc4cc(C)cc(OC)c4s3)c3c(N)ncnc32)C1. The first-order valence-electron chi connectivity index (χ1n) is 20.8. The molecule has 9 rings (SSSR count). The number of amides is 2. The number of likely N-dealkylation sites (N-methyl/N-ethyl adjacent to an activating group) is 1. The fourth-order valence-electron chi connectivity index (χ4n) is 8.50. The molecule has 16 nitrogen and oxygen atoms in total. The predicted molar refractivity (Wildman–Crippen MR) is 248 cm³/mol. The van der Waals surface area contributed by atoms with Gasteiger partial charge in [-0.15, -0.1) is 11.3 Å². The summed E-state index contributed by atoms with van der Waals surface area (Å²) in [6, 6.07) is 10.5. The number of pyridine rings is 1. The maximum Gasteiger partial charge on any atom is 0.246 e. The van der Waals surface area contributed by atoms with Crippen molar-refractivity contribution in [2.24, 2.45) is 0 Å². The second-order valence-electron chi connectivity index (χ2n) is 15.9. The number of ether oxygens (including phenoxy) is 2. The number of rotatable bonds is 12. The number of benzene rings is 1. The lowest BCUT2D eigenvalue weighted by molar-refractivity contribution is -0.125. The maximum atomic E-state index is 12.9. The molecular weight excluding hydrogens is 817 g/mol. The number of fused-ring (bicyclic) bond motifs is 3. The normalized spacial score (nSPS) is 16.5. The Morgan fingerprint density at radius 1 is 0.889 bits per heavy atom. The number of likely N-dealkylation sites (tertiary alicyclic amines) is 2. The molecular formula is C46H52N12O4S. The molecule has 0 spiro atoms. The van der Waals surface area contributed by atoms with Gasteiger partial charge in [-0.05, 0) is 73.7 Å². The molecule has 2 atom stereocenters. The zero-order chi connectivity index (χ0) is 44.2. The highest BCUT2D eigenvalue weighted by atomic mass is 32.1. The summed E-state index contributed by atoms with van der Waals surface area (Å²) in [5.41, 5.74) is 18.3. The number of hydrogen-bond acceptors (Lipinski definition) is 13. The van der Waals surface area contributed by atoms with Gasteiger partial charge in [0.15, 0.2) is 0 Å². The summed E-state index contributed by atoms with van der Waals surface area (Å²) in [5, 5.41) is 2.82. The van der Waals surface area contributed by atoms with Crippen LogP contribution in [0.5, 0.6) is 5.75 Å². The highest BCUT2D eigenvalue weighted by molar-refractivity contribution is 7.22. The molecule has 17 heteroatoms. The van der Waals surface area contributed by atoms with Gasteiger partial charge in [-0.25, -0.2) is 19.9 Å². The Balaban J connectivity index is 0.000000188. The molecule has 2 aliphatic rings. The topological polar surface area (TPSA) is 189 Å². The van der Waals surface area contributed by atoms with Crippen LogP contribution in [-0.2, 0) is 14.3 Å². The molecule has 63 heavy (non-hydrogen) atoms. The minimum Gasteiger partial charge on any atom is -0.495 e. The number of carbonyl (C=O) groups excluding carboxylic acids is 2. The lowest BCUT2D eigenvalue weighted by atomic mass is 10.1. The van der Waals surface area contributed by atoms with Crippen LogP contribution in [0.1, 0.15) is 30.5 Å². The molecule has 2 amide bonds. The van der Waals surface area contributed by atoms with Crippen molar-refractivity contribution in [2.75, 3.05) is 78.6 Å². The third-order valence-corrected chi connectivity index (χ3v) is 12.9. The number of carbonyl (C=O) groups is 2. The number of thiophene rings is 1. The van der Waals surface area contributed by atoms with Gasteiger partial charge in [-0.1, -0.05) is 18.7 Å². The van der Waals surface area contributed by atoms with Gasteiger partial charge in [-0.3, -0.25) is 14.6 Å². The molecule has 2 fully saturated rings. The smallest absolute Gasteiger partial charge is 0.246 e. The van der Waals surface area contributed by atoms with Crippen LogP contribution < -0.4 is 16.2 Å². The van der Waals surface area contributed by atoms with E-state index >= 15 is 0 Å². The average Bonchev–Trinajstić information content (AvgIpc) is 4.15. The molecule has 0 saturated carbocycles. The largest absolute Gasteiger partial charge is 0.495 e. The van der Waals surface area contributed by atoms with E-state index in [4.69, 9.17) is 20.9 Å². The van der Waals surface area contributed by atoms with E-state index in [1.807, 2.05) is 30.2 Å². The van der Waals surface area contributed by atoms with Gasteiger partial charge in [0.1, 0.15) is 41.3 Å². The van der Waals surface area contributed by atoms with Crippen molar-refractivity contribution in [3.8, 4) is 27.3 Å². The zero-order valence-corrected chi connectivity index (χ0v) is 36.8. The lowest BCUT2D eigenvalue weighted by Crippen LogP contribution is -2.28. The molecule has 4 N–H and O–H groups in total. The van der Waals surface area contributed by atoms with Gasteiger partial charge in [0.2, 0.25) is 11.8 Å². The van der Waals surface area contributed by atoms with E-state index < -0.39 is 0 Å². The number of nitrogen functional groups attached to an aromatic ring is 2. The highest BCUT2D eigenvalue weighted by Gasteiger charge is 2.31.